The number of hydrogen-bond donors (Lipinski definition) is 1. The highest BCUT2D eigenvalue weighted by atomic mass is 32.2. The van der Waals surface area contributed by atoms with E-state index in [-0.39, 0.29) is 23.6 Å². The molecule has 0 bridgehead atoms. The van der Waals surface area contributed by atoms with E-state index in [1.165, 1.54) is 18.2 Å². The third-order valence-corrected chi connectivity index (χ3v) is 5.67. The normalized spacial score (nSPS) is 17.6. The SMILES string of the molecule is CCS(=O)(=O)Nc1cccc(C(=O)N2CCO[C@H](c3ccc(F)cc3)C2)c1. The molecule has 2 aromatic rings. The summed E-state index contributed by atoms with van der Waals surface area (Å²) < 4.78 is 44.7. The predicted octanol–water partition coefficient (Wildman–Crippen LogP) is 2.80. The first kappa shape index (κ1) is 19.3. The van der Waals surface area contributed by atoms with E-state index in [1.807, 2.05) is 0 Å². The summed E-state index contributed by atoms with van der Waals surface area (Å²) in [7, 11) is -3.41. The number of nitrogens with one attached hydrogen (secondary N) is 1. The van der Waals surface area contributed by atoms with E-state index in [1.54, 1.807) is 42.2 Å². The Morgan fingerprint density at radius 1 is 1.26 bits per heavy atom. The number of carbonyl (C=O) groups is 1. The second-order valence-electron chi connectivity index (χ2n) is 6.25. The zero-order chi connectivity index (χ0) is 19.4. The molecule has 144 valence electrons. The van der Waals surface area contributed by atoms with Crippen molar-refractivity contribution in [3.05, 3.63) is 65.5 Å². The Bertz CT molecular complexity index is 916. The monoisotopic (exact) mass is 392 g/mol. The zero-order valence-corrected chi connectivity index (χ0v) is 15.7. The first-order valence-electron chi connectivity index (χ1n) is 8.65. The molecule has 3 rings (SSSR count). The molecule has 0 aromatic heterocycles. The third-order valence-electron chi connectivity index (χ3n) is 4.36. The van der Waals surface area contributed by atoms with Crippen LogP contribution < -0.4 is 4.72 Å². The highest BCUT2D eigenvalue weighted by Gasteiger charge is 2.26. The lowest BCUT2D eigenvalue weighted by atomic mass is 10.1. The Morgan fingerprint density at radius 2 is 2.00 bits per heavy atom. The summed E-state index contributed by atoms with van der Waals surface area (Å²) in [5.74, 6) is -0.578. The minimum atomic E-state index is -3.41. The van der Waals surface area contributed by atoms with Gasteiger partial charge in [-0.15, -0.1) is 0 Å². The summed E-state index contributed by atoms with van der Waals surface area (Å²) in [6.45, 7) is 2.69. The van der Waals surface area contributed by atoms with Crippen molar-refractivity contribution in [1.82, 2.24) is 4.90 Å². The molecule has 27 heavy (non-hydrogen) atoms. The van der Waals surface area contributed by atoms with Gasteiger partial charge in [-0.05, 0) is 42.8 Å². The first-order valence-corrected chi connectivity index (χ1v) is 10.3. The lowest BCUT2D eigenvalue weighted by Crippen LogP contribution is -2.42. The summed E-state index contributed by atoms with van der Waals surface area (Å²) in [5.41, 5.74) is 1.55. The van der Waals surface area contributed by atoms with E-state index in [0.29, 0.717) is 30.9 Å². The molecule has 2 aromatic carbocycles. The fraction of sp³-hybridized carbons (Fsp3) is 0.316. The fourth-order valence-corrected chi connectivity index (χ4v) is 3.49. The second-order valence-corrected chi connectivity index (χ2v) is 8.26. The highest BCUT2D eigenvalue weighted by molar-refractivity contribution is 7.92. The van der Waals surface area contributed by atoms with Crippen LogP contribution in [-0.2, 0) is 14.8 Å². The van der Waals surface area contributed by atoms with Crippen LogP contribution >= 0.6 is 0 Å². The van der Waals surface area contributed by atoms with E-state index in [0.717, 1.165) is 5.56 Å². The Balaban J connectivity index is 1.74. The molecule has 0 aliphatic carbocycles. The molecule has 1 saturated heterocycles. The van der Waals surface area contributed by atoms with Gasteiger partial charge in [0.15, 0.2) is 0 Å². The van der Waals surface area contributed by atoms with Crippen molar-refractivity contribution in [3.8, 4) is 0 Å². The Morgan fingerprint density at radius 3 is 2.70 bits per heavy atom. The van der Waals surface area contributed by atoms with Crippen molar-refractivity contribution in [2.45, 2.75) is 13.0 Å². The van der Waals surface area contributed by atoms with Gasteiger partial charge < -0.3 is 9.64 Å². The van der Waals surface area contributed by atoms with Crippen LogP contribution in [0.1, 0.15) is 28.9 Å². The number of benzene rings is 2. The summed E-state index contributed by atoms with van der Waals surface area (Å²) >= 11 is 0. The number of nitrogens with zero attached hydrogens (tertiary/aromatic N) is 1. The highest BCUT2D eigenvalue weighted by Crippen LogP contribution is 2.24. The second kappa shape index (κ2) is 8.06. The van der Waals surface area contributed by atoms with Crippen molar-refractivity contribution in [1.29, 1.82) is 0 Å². The minimum absolute atomic E-state index is 0.0476. The van der Waals surface area contributed by atoms with Crippen molar-refractivity contribution in [2.24, 2.45) is 0 Å². The molecule has 1 aliphatic heterocycles. The lowest BCUT2D eigenvalue weighted by molar-refractivity contribution is -0.0228. The number of ether oxygens (including phenoxy) is 1. The number of amides is 1. The van der Waals surface area contributed by atoms with Crippen molar-refractivity contribution in [3.63, 3.8) is 0 Å². The average molecular weight is 392 g/mol. The average Bonchev–Trinajstić information content (AvgIpc) is 2.68. The molecule has 1 aliphatic rings. The van der Waals surface area contributed by atoms with Gasteiger partial charge in [0.2, 0.25) is 10.0 Å². The van der Waals surface area contributed by atoms with Crippen molar-refractivity contribution in [2.75, 3.05) is 30.2 Å². The molecule has 1 amide bonds. The summed E-state index contributed by atoms with van der Waals surface area (Å²) in [5, 5.41) is 0. The van der Waals surface area contributed by atoms with Crippen LogP contribution in [0.15, 0.2) is 48.5 Å². The van der Waals surface area contributed by atoms with E-state index in [9.17, 15) is 17.6 Å². The van der Waals surface area contributed by atoms with Crippen molar-refractivity contribution < 1.29 is 22.3 Å². The van der Waals surface area contributed by atoms with Crippen LogP contribution in [0.3, 0.4) is 0 Å². The smallest absolute Gasteiger partial charge is 0.254 e. The predicted molar refractivity (Wildman–Crippen MR) is 101 cm³/mol. The molecule has 1 atom stereocenters. The molecule has 0 spiro atoms. The molecule has 0 unspecified atom stereocenters. The van der Waals surface area contributed by atoms with E-state index in [2.05, 4.69) is 4.72 Å². The van der Waals surface area contributed by atoms with E-state index in [4.69, 9.17) is 4.74 Å². The lowest BCUT2D eigenvalue weighted by Gasteiger charge is -2.33. The van der Waals surface area contributed by atoms with Gasteiger partial charge in [-0.3, -0.25) is 9.52 Å². The van der Waals surface area contributed by atoms with Crippen LogP contribution in [0.5, 0.6) is 0 Å². The van der Waals surface area contributed by atoms with Gasteiger partial charge in [0.1, 0.15) is 11.9 Å². The Kier molecular flexibility index (Phi) is 5.76. The molecule has 0 radical (unpaired) electrons. The minimum Gasteiger partial charge on any atom is -0.370 e. The zero-order valence-electron chi connectivity index (χ0n) is 14.9. The quantitative estimate of drug-likeness (QED) is 0.849. The molecule has 1 N–H and O–H groups in total. The van der Waals surface area contributed by atoms with Gasteiger partial charge in [-0.25, -0.2) is 12.8 Å². The largest absolute Gasteiger partial charge is 0.370 e. The fourth-order valence-electron chi connectivity index (χ4n) is 2.86. The number of anilines is 1. The van der Waals surface area contributed by atoms with E-state index < -0.39 is 10.0 Å². The topological polar surface area (TPSA) is 75.7 Å². The van der Waals surface area contributed by atoms with Gasteiger partial charge in [-0.2, -0.15) is 0 Å². The number of halogens is 1. The van der Waals surface area contributed by atoms with Crippen molar-refractivity contribution >= 4 is 21.6 Å². The van der Waals surface area contributed by atoms with Crippen LogP contribution in [0.4, 0.5) is 10.1 Å². The van der Waals surface area contributed by atoms with Gasteiger partial charge in [-0.1, -0.05) is 18.2 Å². The number of hydrogen-bond acceptors (Lipinski definition) is 4. The number of rotatable bonds is 5. The molecule has 6 nitrogen and oxygen atoms in total. The molecular weight excluding hydrogens is 371 g/mol. The summed E-state index contributed by atoms with van der Waals surface area (Å²) in [6, 6.07) is 12.4. The number of morpholine rings is 1. The van der Waals surface area contributed by atoms with E-state index >= 15 is 0 Å². The van der Waals surface area contributed by atoms with Gasteiger partial charge >= 0.3 is 0 Å². The Labute approximate surface area is 158 Å². The molecule has 1 heterocycles. The Hall–Kier alpha value is -2.45. The van der Waals surface area contributed by atoms with Gasteiger partial charge in [0, 0.05) is 17.8 Å². The van der Waals surface area contributed by atoms with Crippen LogP contribution in [-0.4, -0.2) is 44.7 Å². The summed E-state index contributed by atoms with van der Waals surface area (Å²) in [6.07, 6.45) is -0.329. The molecule has 1 fully saturated rings. The molecule has 0 saturated carbocycles. The number of sulfonamides is 1. The van der Waals surface area contributed by atoms with Crippen LogP contribution in [0.25, 0.3) is 0 Å². The molecule has 8 heteroatoms. The maximum absolute atomic E-state index is 13.1. The third kappa shape index (κ3) is 4.84. The standard InChI is InChI=1S/C19H21FN2O4S/c1-2-27(24,25)21-17-5-3-4-15(12-17)19(23)22-10-11-26-18(13-22)14-6-8-16(20)9-7-14/h3-9,12,18,21H,2,10-11,13H2,1H3/t18-/m0/s1. The van der Waals surface area contributed by atoms with Gasteiger partial charge in [0.25, 0.3) is 5.91 Å². The summed E-state index contributed by atoms with van der Waals surface area (Å²) in [4.78, 5) is 14.5. The maximum atomic E-state index is 13.1. The first-order chi connectivity index (χ1) is 12.9. The maximum Gasteiger partial charge on any atom is 0.254 e. The van der Waals surface area contributed by atoms with Crippen LogP contribution in [0.2, 0.25) is 0 Å². The van der Waals surface area contributed by atoms with Crippen LogP contribution in [0, 0.1) is 5.82 Å². The molecular formula is C19H21FN2O4S. The van der Waals surface area contributed by atoms with Gasteiger partial charge in [0.05, 0.1) is 18.9 Å². The number of carbonyl (C=O) groups excluding carboxylic acids is 1.